The lowest BCUT2D eigenvalue weighted by atomic mass is 10.1. The molecule has 0 N–H and O–H groups in total. The summed E-state index contributed by atoms with van der Waals surface area (Å²) < 4.78 is 0. The van der Waals surface area contributed by atoms with Gasteiger partial charge in [-0.3, -0.25) is 4.79 Å². The summed E-state index contributed by atoms with van der Waals surface area (Å²) in [4.78, 5) is 18.3. The van der Waals surface area contributed by atoms with Gasteiger partial charge in [0.25, 0.3) is 5.91 Å². The SMILES string of the molecule is CCN(C(=O)c1ccnc(Cl)c1Cl)C1CCCC1. The zero-order chi connectivity index (χ0) is 13.1. The molecule has 0 saturated heterocycles. The molecule has 1 amide bonds. The highest BCUT2D eigenvalue weighted by Crippen LogP contribution is 2.28. The van der Waals surface area contributed by atoms with E-state index in [0.29, 0.717) is 18.2 Å². The summed E-state index contributed by atoms with van der Waals surface area (Å²) in [6, 6.07) is 1.97. The fraction of sp³-hybridized carbons (Fsp3) is 0.538. The van der Waals surface area contributed by atoms with E-state index in [1.165, 1.54) is 19.0 Å². The minimum atomic E-state index is -0.0429. The maximum absolute atomic E-state index is 12.5. The van der Waals surface area contributed by atoms with Crippen LogP contribution in [-0.4, -0.2) is 28.4 Å². The normalized spacial score (nSPS) is 15.9. The molecule has 1 saturated carbocycles. The van der Waals surface area contributed by atoms with E-state index in [1.54, 1.807) is 6.07 Å². The molecule has 0 spiro atoms. The van der Waals surface area contributed by atoms with Crippen LogP contribution < -0.4 is 0 Å². The van der Waals surface area contributed by atoms with Gasteiger partial charge in [-0.1, -0.05) is 36.0 Å². The van der Waals surface area contributed by atoms with Crippen LogP contribution in [0.5, 0.6) is 0 Å². The van der Waals surface area contributed by atoms with Gasteiger partial charge in [0.1, 0.15) is 5.15 Å². The highest BCUT2D eigenvalue weighted by Gasteiger charge is 2.27. The Morgan fingerprint density at radius 1 is 1.44 bits per heavy atom. The predicted octanol–water partition coefficient (Wildman–Crippen LogP) is 3.79. The predicted molar refractivity (Wildman–Crippen MR) is 73.2 cm³/mol. The summed E-state index contributed by atoms with van der Waals surface area (Å²) in [7, 11) is 0. The average molecular weight is 287 g/mol. The van der Waals surface area contributed by atoms with E-state index in [-0.39, 0.29) is 16.1 Å². The van der Waals surface area contributed by atoms with Crippen LogP contribution in [0.3, 0.4) is 0 Å². The number of rotatable bonds is 3. The van der Waals surface area contributed by atoms with E-state index >= 15 is 0 Å². The van der Waals surface area contributed by atoms with Crippen LogP contribution in [0.2, 0.25) is 10.2 Å². The number of halogens is 2. The third-order valence-corrected chi connectivity index (χ3v) is 4.21. The number of nitrogens with zero attached hydrogens (tertiary/aromatic N) is 2. The zero-order valence-electron chi connectivity index (χ0n) is 10.3. The molecule has 1 aromatic rings. The average Bonchev–Trinajstić information content (AvgIpc) is 2.87. The smallest absolute Gasteiger partial charge is 0.255 e. The first-order valence-electron chi connectivity index (χ1n) is 6.26. The highest BCUT2D eigenvalue weighted by atomic mass is 35.5. The summed E-state index contributed by atoms with van der Waals surface area (Å²) in [5, 5.41) is 0.436. The number of aromatic nitrogens is 1. The van der Waals surface area contributed by atoms with E-state index in [2.05, 4.69) is 4.98 Å². The van der Waals surface area contributed by atoms with Crippen LogP contribution in [0.4, 0.5) is 0 Å². The van der Waals surface area contributed by atoms with Gasteiger partial charge in [-0.15, -0.1) is 0 Å². The molecule has 18 heavy (non-hydrogen) atoms. The topological polar surface area (TPSA) is 33.2 Å². The van der Waals surface area contributed by atoms with Gasteiger partial charge in [0.15, 0.2) is 0 Å². The van der Waals surface area contributed by atoms with Crippen LogP contribution in [0, 0.1) is 0 Å². The number of pyridine rings is 1. The second kappa shape index (κ2) is 5.89. The minimum absolute atomic E-state index is 0.0429. The zero-order valence-corrected chi connectivity index (χ0v) is 11.8. The quantitative estimate of drug-likeness (QED) is 0.792. The van der Waals surface area contributed by atoms with E-state index in [1.807, 2.05) is 11.8 Å². The number of carbonyl (C=O) groups is 1. The third-order valence-electron chi connectivity index (χ3n) is 3.44. The number of carbonyl (C=O) groups excluding carboxylic acids is 1. The molecule has 0 aromatic carbocycles. The first kappa shape index (κ1) is 13.6. The minimum Gasteiger partial charge on any atom is -0.336 e. The molecule has 98 valence electrons. The Labute approximate surface area is 117 Å². The molecule has 1 aliphatic carbocycles. The van der Waals surface area contributed by atoms with Gasteiger partial charge < -0.3 is 4.90 Å². The highest BCUT2D eigenvalue weighted by molar-refractivity contribution is 6.43. The van der Waals surface area contributed by atoms with Crippen LogP contribution in [0.15, 0.2) is 12.3 Å². The van der Waals surface area contributed by atoms with Crippen molar-refractivity contribution in [2.75, 3.05) is 6.54 Å². The van der Waals surface area contributed by atoms with Crippen molar-refractivity contribution >= 4 is 29.1 Å². The van der Waals surface area contributed by atoms with Crippen LogP contribution in [0.25, 0.3) is 0 Å². The Bertz CT molecular complexity index is 445. The number of hydrogen-bond acceptors (Lipinski definition) is 2. The molecule has 5 heteroatoms. The van der Waals surface area contributed by atoms with Crippen molar-refractivity contribution in [1.29, 1.82) is 0 Å². The van der Waals surface area contributed by atoms with E-state index in [9.17, 15) is 4.79 Å². The largest absolute Gasteiger partial charge is 0.336 e. The first-order valence-corrected chi connectivity index (χ1v) is 7.01. The maximum atomic E-state index is 12.5. The lowest BCUT2D eigenvalue weighted by molar-refractivity contribution is 0.0693. The van der Waals surface area contributed by atoms with Gasteiger partial charge in [-0.2, -0.15) is 0 Å². The third kappa shape index (κ3) is 2.62. The standard InChI is InChI=1S/C13H16Cl2N2O/c1-2-17(9-5-3-4-6-9)13(18)10-7-8-16-12(15)11(10)14/h7-9H,2-6H2,1H3. The molecule has 0 radical (unpaired) electrons. The molecule has 0 aliphatic heterocycles. The number of amides is 1. The molecular weight excluding hydrogens is 271 g/mol. The lowest BCUT2D eigenvalue weighted by Crippen LogP contribution is -2.38. The molecule has 0 atom stereocenters. The second-order valence-electron chi connectivity index (χ2n) is 4.49. The molecule has 1 fully saturated rings. The van der Waals surface area contributed by atoms with Crippen molar-refractivity contribution in [3.8, 4) is 0 Å². The number of hydrogen-bond donors (Lipinski definition) is 0. The van der Waals surface area contributed by atoms with E-state index < -0.39 is 0 Å². The molecule has 1 heterocycles. The van der Waals surface area contributed by atoms with Crippen molar-refractivity contribution in [2.24, 2.45) is 0 Å². The molecule has 0 bridgehead atoms. The Morgan fingerprint density at radius 2 is 2.11 bits per heavy atom. The molecule has 1 aliphatic rings. The van der Waals surface area contributed by atoms with Gasteiger partial charge >= 0.3 is 0 Å². The molecule has 0 unspecified atom stereocenters. The fourth-order valence-corrected chi connectivity index (χ4v) is 2.87. The molecule has 1 aromatic heterocycles. The van der Waals surface area contributed by atoms with Gasteiger partial charge in [0.2, 0.25) is 0 Å². The van der Waals surface area contributed by atoms with Crippen molar-refractivity contribution in [1.82, 2.24) is 9.88 Å². The Morgan fingerprint density at radius 3 is 2.72 bits per heavy atom. The van der Waals surface area contributed by atoms with Crippen molar-refractivity contribution < 1.29 is 4.79 Å². The Hall–Kier alpha value is -0.800. The monoisotopic (exact) mass is 286 g/mol. The second-order valence-corrected chi connectivity index (χ2v) is 5.23. The summed E-state index contributed by atoms with van der Waals surface area (Å²) in [6.07, 6.45) is 6.06. The van der Waals surface area contributed by atoms with Crippen LogP contribution in [-0.2, 0) is 0 Å². The molecular formula is C13H16Cl2N2O. The van der Waals surface area contributed by atoms with Gasteiger partial charge in [-0.25, -0.2) is 4.98 Å². The van der Waals surface area contributed by atoms with Crippen molar-refractivity contribution in [2.45, 2.75) is 38.6 Å². The van der Waals surface area contributed by atoms with Gasteiger partial charge in [0.05, 0.1) is 10.6 Å². The summed E-state index contributed by atoms with van der Waals surface area (Å²) in [6.45, 7) is 2.69. The summed E-state index contributed by atoms with van der Waals surface area (Å²) in [5.41, 5.74) is 0.449. The molecule has 3 nitrogen and oxygen atoms in total. The van der Waals surface area contributed by atoms with E-state index in [4.69, 9.17) is 23.2 Å². The maximum Gasteiger partial charge on any atom is 0.255 e. The van der Waals surface area contributed by atoms with Gasteiger partial charge in [0, 0.05) is 18.8 Å². The first-order chi connectivity index (χ1) is 8.65. The fourth-order valence-electron chi connectivity index (χ4n) is 2.52. The van der Waals surface area contributed by atoms with Crippen LogP contribution in [0.1, 0.15) is 43.0 Å². The summed E-state index contributed by atoms with van der Waals surface area (Å²) >= 11 is 11.9. The van der Waals surface area contributed by atoms with Crippen molar-refractivity contribution in [3.05, 3.63) is 28.0 Å². The Kier molecular flexibility index (Phi) is 4.46. The van der Waals surface area contributed by atoms with Crippen LogP contribution >= 0.6 is 23.2 Å². The lowest BCUT2D eigenvalue weighted by Gasteiger charge is -2.28. The Balaban J connectivity index is 2.25. The van der Waals surface area contributed by atoms with Crippen molar-refractivity contribution in [3.63, 3.8) is 0 Å². The summed E-state index contributed by atoms with van der Waals surface area (Å²) in [5.74, 6) is -0.0429. The van der Waals surface area contributed by atoms with E-state index in [0.717, 1.165) is 12.8 Å². The molecule has 2 rings (SSSR count). The van der Waals surface area contributed by atoms with Gasteiger partial charge in [-0.05, 0) is 25.8 Å².